The zero-order chi connectivity index (χ0) is 23.7. The van der Waals surface area contributed by atoms with Crippen LogP contribution in [0.15, 0.2) is 72.8 Å². The second-order valence-corrected chi connectivity index (χ2v) is 8.33. The van der Waals surface area contributed by atoms with Crippen molar-refractivity contribution >= 4 is 17.1 Å². The molecule has 4 aromatic rings. The molecule has 5 heteroatoms. The molecule has 33 heavy (non-hydrogen) atoms. The molecule has 168 valence electrons. The highest BCUT2D eigenvalue weighted by atomic mass is 16.5. The van der Waals surface area contributed by atoms with Crippen molar-refractivity contribution in [1.82, 2.24) is 0 Å². The normalized spacial score (nSPS) is 10.8. The Morgan fingerprint density at radius 1 is 0.606 bits per heavy atom. The molecule has 0 amide bonds. The van der Waals surface area contributed by atoms with Crippen LogP contribution in [0.4, 0.5) is 17.1 Å². The molecule has 0 atom stereocenters. The lowest BCUT2D eigenvalue weighted by Crippen LogP contribution is -2.11. The highest BCUT2D eigenvalue weighted by Gasteiger charge is 2.20. The Morgan fingerprint density at radius 3 is 1.82 bits per heavy atom. The largest absolute Gasteiger partial charge is 0.508 e. The second kappa shape index (κ2) is 8.79. The lowest BCUT2D eigenvalue weighted by atomic mass is 10.1. The molecule has 0 spiro atoms. The molecule has 4 rings (SSSR count). The Labute approximate surface area is 193 Å². The average molecular weight is 442 g/mol. The van der Waals surface area contributed by atoms with Crippen molar-refractivity contribution in [2.24, 2.45) is 0 Å². The van der Waals surface area contributed by atoms with E-state index in [1.807, 2.05) is 75.4 Å². The standard InChI is InChI=1S/C28H27NO4/c1-17-8-10-25(30)23(12-17)29(24-13-18(2)9-11-26(24)31)21-6-5-7-22(16-21)33-28-15-19(3)14-27(32)20(28)4/h5-16,30-32H,1-4H3. The molecule has 5 nitrogen and oxygen atoms in total. The molecule has 0 bridgehead atoms. The third-order valence-electron chi connectivity index (χ3n) is 5.52. The van der Waals surface area contributed by atoms with Gasteiger partial charge in [0, 0.05) is 11.6 Å². The first-order chi connectivity index (χ1) is 15.7. The van der Waals surface area contributed by atoms with E-state index in [4.69, 9.17) is 4.74 Å². The second-order valence-electron chi connectivity index (χ2n) is 8.33. The minimum atomic E-state index is 0.0901. The number of hydrogen-bond acceptors (Lipinski definition) is 5. The number of phenolic OH excluding ortho intramolecular Hbond substituents is 3. The lowest BCUT2D eigenvalue weighted by Gasteiger charge is -2.27. The number of ether oxygens (including phenoxy) is 1. The van der Waals surface area contributed by atoms with Crippen molar-refractivity contribution in [3.63, 3.8) is 0 Å². The molecule has 0 aliphatic carbocycles. The van der Waals surface area contributed by atoms with E-state index in [1.54, 1.807) is 30.0 Å². The van der Waals surface area contributed by atoms with Crippen molar-refractivity contribution in [3.8, 4) is 28.7 Å². The molecule has 4 aromatic carbocycles. The summed E-state index contributed by atoms with van der Waals surface area (Å²) in [5.41, 5.74) is 5.26. The van der Waals surface area contributed by atoms with Gasteiger partial charge in [-0.3, -0.25) is 0 Å². The molecule has 3 N–H and O–H groups in total. The predicted octanol–water partition coefficient (Wildman–Crippen LogP) is 7.30. The summed E-state index contributed by atoms with van der Waals surface area (Å²) in [7, 11) is 0. The minimum absolute atomic E-state index is 0.0901. The zero-order valence-electron chi connectivity index (χ0n) is 19.1. The fourth-order valence-electron chi connectivity index (χ4n) is 3.76. The topological polar surface area (TPSA) is 73.2 Å². The van der Waals surface area contributed by atoms with E-state index in [9.17, 15) is 15.3 Å². The van der Waals surface area contributed by atoms with Gasteiger partial charge in [-0.25, -0.2) is 0 Å². The van der Waals surface area contributed by atoms with E-state index < -0.39 is 0 Å². The summed E-state index contributed by atoms with van der Waals surface area (Å²) < 4.78 is 6.13. The molecule has 0 fully saturated rings. The fourth-order valence-corrected chi connectivity index (χ4v) is 3.76. The summed E-state index contributed by atoms with van der Waals surface area (Å²) in [4.78, 5) is 1.80. The van der Waals surface area contributed by atoms with Gasteiger partial charge in [0.15, 0.2) is 0 Å². The number of nitrogens with zero attached hydrogens (tertiary/aromatic N) is 1. The fraction of sp³-hybridized carbons (Fsp3) is 0.143. The molecule has 0 aromatic heterocycles. The molecule has 0 saturated carbocycles. The lowest BCUT2D eigenvalue weighted by molar-refractivity contribution is 0.447. The van der Waals surface area contributed by atoms with Crippen LogP contribution in [0.5, 0.6) is 28.7 Å². The smallest absolute Gasteiger partial charge is 0.139 e. The average Bonchev–Trinajstić information content (AvgIpc) is 2.77. The van der Waals surface area contributed by atoms with Crippen molar-refractivity contribution < 1.29 is 20.1 Å². The van der Waals surface area contributed by atoms with Gasteiger partial charge < -0.3 is 25.0 Å². The zero-order valence-corrected chi connectivity index (χ0v) is 19.1. The van der Waals surface area contributed by atoms with Crippen molar-refractivity contribution in [2.45, 2.75) is 27.7 Å². The van der Waals surface area contributed by atoms with E-state index in [2.05, 4.69) is 0 Å². The van der Waals surface area contributed by atoms with Crippen LogP contribution >= 0.6 is 0 Å². The van der Waals surface area contributed by atoms with Crippen LogP contribution < -0.4 is 9.64 Å². The van der Waals surface area contributed by atoms with E-state index in [0.717, 1.165) is 16.7 Å². The Morgan fingerprint density at radius 2 is 1.21 bits per heavy atom. The summed E-state index contributed by atoms with van der Waals surface area (Å²) in [6.07, 6.45) is 0. The van der Waals surface area contributed by atoms with E-state index in [0.29, 0.717) is 34.1 Å². The summed E-state index contributed by atoms with van der Waals surface area (Å²) in [5.74, 6) is 1.48. The SMILES string of the molecule is Cc1cc(O)c(C)c(Oc2cccc(N(c3cc(C)ccc3O)c3cc(C)ccc3O)c2)c1. The first-order valence-corrected chi connectivity index (χ1v) is 10.7. The highest BCUT2D eigenvalue weighted by Crippen LogP contribution is 2.45. The Bertz CT molecular complexity index is 1280. The maximum Gasteiger partial charge on any atom is 0.139 e. The Kier molecular flexibility index (Phi) is 5.88. The summed E-state index contributed by atoms with van der Waals surface area (Å²) >= 11 is 0. The molecule has 0 heterocycles. The van der Waals surface area contributed by atoms with Gasteiger partial charge in [0.2, 0.25) is 0 Å². The number of hydrogen-bond donors (Lipinski definition) is 3. The third kappa shape index (κ3) is 4.58. The molecular formula is C28H27NO4. The highest BCUT2D eigenvalue weighted by molar-refractivity contribution is 5.83. The van der Waals surface area contributed by atoms with Gasteiger partial charge in [0.05, 0.1) is 17.1 Å². The summed E-state index contributed by atoms with van der Waals surface area (Å²) in [6.45, 7) is 7.59. The number of rotatable bonds is 5. The summed E-state index contributed by atoms with van der Waals surface area (Å²) in [6, 6.07) is 21.7. The Hall–Kier alpha value is -4.12. The van der Waals surface area contributed by atoms with Crippen molar-refractivity contribution in [1.29, 1.82) is 0 Å². The predicted molar refractivity (Wildman–Crippen MR) is 132 cm³/mol. The van der Waals surface area contributed by atoms with Crippen LogP contribution in [-0.2, 0) is 0 Å². The minimum Gasteiger partial charge on any atom is -0.508 e. The van der Waals surface area contributed by atoms with Crippen molar-refractivity contribution in [2.75, 3.05) is 4.90 Å². The molecule has 0 radical (unpaired) electrons. The number of aryl methyl sites for hydroxylation is 3. The van der Waals surface area contributed by atoms with Gasteiger partial charge in [-0.15, -0.1) is 0 Å². The van der Waals surface area contributed by atoms with E-state index in [1.165, 1.54) is 0 Å². The monoisotopic (exact) mass is 441 g/mol. The van der Waals surface area contributed by atoms with Crippen LogP contribution in [0.2, 0.25) is 0 Å². The van der Waals surface area contributed by atoms with Gasteiger partial charge in [0.1, 0.15) is 28.7 Å². The molecule has 0 unspecified atom stereocenters. The van der Waals surface area contributed by atoms with Crippen molar-refractivity contribution in [3.05, 3.63) is 95.1 Å². The maximum absolute atomic E-state index is 10.7. The van der Waals surface area contributed by atoms with Crippen LogP contribution in [0.25, 0.3) is 0 Å². The third-order valence-corrected chi connectivity index (χ3v) is 5.52. The van der Waals surface area contributed by atoms with Crippen LogP contribution in [-0.4, -0.2) is 15.3 Å². The van der Waals surface area contributed by atoms with Crippen LogP contribution in [0.3, 0.4) is 0 Å². The first-order valence-electron chi connectivity index (χ1n) is 10.7. The quantitative estimate of drug-likeness (QED) is 0.303. The van der Waals surface area contributed by atoms with Gasteiger partial charge in [-0.05, 0) is 92.9 Å². The van der Waals surface area contributed by atoms with Crippen LogP contribution in [0.1, 0.15) is 22.3 Å². The maximum atomic E-state index is 10.7. The first kappa shape index (κ1) is 22.1. The Balaban J connectivity index is 1.85. The number of benzene rings is 4. The van der Waals surface area contributed by atoms with Gasteiger partial charge >= 0.3 is 0 Å². The number of anilines is 3. The van der Waals surface area contributed by atoms with Crippen LogP contribution in [0, 0.1) is 27.7 Å². The summed E-state index contributed by atoms with van der Waals surface area (Å²) in [5, 5.41) is 31.6. The number of aromatic hydroxyl groups is 3. The number of phenols is 3. The molecule has 0 aliphatic rings. The van der Waals surface area contributed by atoms with Gasteiger partial charge in [-0.2, -0.15) is 0 Å². The molecule has 0 saturated heterocycles. The van der Waals surface area contributed by atoms with Gasteiger partial charge in [0.25, 0.3) is 0 Å². The van der Waals surface area contributed by atoms with E-state index in [-0.39, 0.29) is 17.2 Å². The molecular weight excluding hydrogens is 414 g/mol. The van der Waals surface area contributed by atoms with Gasteiger partial charge in [-0.1, -0.05) is 18.2 Å². The van der Waals surface area contributed by atoms with E-state index >= 15 is 0 Å². The molecule has 0 aliphatic heterocycles.